The highest BCUT2D eigenvalue weighted by Gasteiger charge is 2.30. The minimum atomic E-state index is -4.40. The molecule has 0 saturated carbocycles. The minimum absolute atomic E-state index is 0.116. The Balaban J connectivity index is 1.66. The molecule has 0 amide bonds. The molecule has 4 nitrogen and oxygen atoms in total. The van der Waals surface area contributed by atoms with Gasteiger partial charge in [-0.15, -0.1) is 0 Å². The molecule has 1 aromatic heterocycles. The number of nitrogens with zero attached hydrogens (tertiary/aromatic N) is 2. The molecule has 2 N–H and O–H groups in total. The maximum Gasteiger partial charge on any atom is 0.416 e. The third kappa shape index (κ3) is 7.39. The maximum absolute atomic E-state index is 14.5. The lowest BCUT2D eigenvalue weighted by molar-refractivity contribution is -0.137. The Morgan fingerprint density at radius 3 is 2.56 bits per heavy atom. The number of pyridine rings is 1. The second-order valence-electron chi connectivity index (χ2n) is 7.19. The summed E-state index contributed by atoms with van der Waals surface area (Å²) in [6.07, 6.45) is 2.55. The number of hydrogen-bond acceptors (Lipinski definition) is 4. The van der Waals surface area contributed by atoms with Gasteiger partial charge >= 0.3 is 6.18 Å². The van der Waals surface area contributed by atoms with E-state index in [4.69, 9.17) is 0 Å². The van der Waals surface area contributed by atoms with Crippen LogP contribution < -0.4 is 10.7 Å². The van der Waals surface area contributed by atoms with Gasteiger partial charge in [0.15, 0.2) is 0 Å². The van der Waals surface area contributed by atoms with Crippen molar-refractivity contribution in [3.8, 4) is 0 Å². The first-order chi connectivity index (χ1) is 16.2. The van der Waals surface area contributed by atoms with Gasteiger partial charge < -0.3 is 5.32 Å². The Morgan fingerprint density at radius 1 is 1.12 bits per heavy atom. The van der Waals surface area contributed by atoms with Crippen molar-refractivity contribution in [2.75, 3.05) is 5.32 Å². The van der Waals surface area contributed by atoms with E-state index < -0.39 is 53.2 Å². The summed E-state index contributed by atoms with van der Waals surface area (Å²) >= 11 is -1.25. The molecule has 34 heavy (non-hydrogen) atoms. The zero-order chi connectivity index (χ0) is 24.7. The van der Waals surface area contributed by atoms with Gasteiger partial charge in [-0.3, -0.25) is 10.4 Å². The van der Waals surface area contributed by atoms with Crippen LogP contribution in [-0.2, 0) is 6.18 Å². The van der Waals surface area contributed by atoms with Crippen molar-refractivity contribution in [2.45, 2.75) is 26.9 Å². The largest absolute Gasteiger partial charge is 0.416 e. The molecule has 0 fully saturated rings. The zero-order valence-corrected chi connectivity index (χ0v) is 22.8. The molecule has 0 spiro atoms. The zero-order valence-electron chi connectivity index (χ0n) is 18.5. The minimum Gasteiger partial charge on any atom is -0.354 e. The number of allylic oxidation sites excluding steroid dienone is 5. The molecule has 1 aliphatic heterocycles. The van der Waals surface area contributed by atoms with Crippen LogP contribution in [0.25, 0.3) is 0 Å². The molecule has 180 valence electrons. The maximum atomic E-state index is 14.5. The highest BCUT2D eigenvalue weighted by atomic mass is 127. The van der Waals surface area contributed by atoms with Gasteiger partial charge in [0.05, 0.1) is 32.9 Å². The number of alkyl halides is 3. The lowest BCUT2D eigenvalue weighted by atomic mass is 10.1. The Kier molecular flexibility index (Phi) is 9.28. The van der Waals surface area contributed by atoms with E-state index in [1.165, 1.54) is 12.3 Å². The topological polar surface area (TPSA) is 49.3 Å². The van der Waals surface area contributed by atoms with Crippen LogP contribution >= 0.6 is 41.5 Å². The highest BCUT2D eigenvalue weighted by molar-refractivity contribution is 14.3. The van der Waals surface area contributed by atoms with Gasteiger partial charge in [0.25, 0.3) is 0 Å². The molecule has 3 rings (SSSR count). The fourth-order valence-electron chi connectivity index (χ4n) is 2.79. The first-order valence-electron chi connectivity index (χ1n) is 10.1. The van der Waals surface area contributed by atoms with Crippen molar-refractivity contribution in [2.24, 2.45) is 5.10 Å². The second kappa shape index (κ2) is 12.0. The number of anilines is 2. The van der Waals surface area contributed by atoms with Crippen LogP contribution in [0.5, 0.6) is 0 Å². The predicted octanol–water partition coefficient (Wildman–Crippen LogP) is 7.71. The molecular weight excluding hydrogens is 674 g/mol. The van der Waals surface area contributed by atoms with Gasteiger partial charge in [0, 0.05) is 9.77 Å². The number of nitrogens with one attached hydrogen (secondary N) is 2. The summed E-state index contributed by atoms with van der Waals surface area (Å²) in [6, 6.07) is 8.40. The quantitative estimate of drug-likeness (QED) is 0.0780. The van der Waals surface area contributed by atoms with Gasteiger partial charge in [0.1, 0.15) is 7.47 Å². The smallest absolute Gasteiger partial charge is 0.354 e. The van der Waals surface area contributed by atoms with Crippen LogP contribution in [0.4, 0.5) is 28.9 Å². The number of hydrogen-bond donors (Lipinski definition) is 2. The molecule has 10 heteroatoms. The van der Waals surface area contributed by atoms with Crippen molar-refractivity contribution in [3.63, 3.8) is 0 Å². The normalized spacial score (nSPS) is 14.5. The highest BCUT2D eigenvalue weighted by Crippen LogP contribution is 2.32. The van der Waals surface area contributed by atoms with E-state index >= 15 is 0 Å². The monoisotopic (exact) mass is 696 g/mol. The standard InChI is InChI=1S/C24H22F4I2N4/c1-4-6-20(15(2)3)22-21(25)12-29-23(30-22)34-32-14-18-9-10-19(13-31-18)33-17-8-5-7-16(11-17)24(26,27)28/h4-14,33-34H,1-3H3/b6-4-,32-14+. The molecular formula is C24H22F4I2N4. The fourth-order valence-corrected chi connectivity index (χ4v) is 9.74. The SMILES string of the molecule is C/C=C\C(C1=IC(N/N=C/c2ccc(Nc3cccc(C(F)(F)F)c3)cn2)=IC=C1F)=C(C)C. The van der Waals surface area contributed by atoms with Crippen LogP contribution in [0, 0.1) is 0 Å². The molecule has 2 heterocycles. The van der Waals surface area contributed by atoms with E-state index in [9.17, 15) is 17.6 Å². The lowest BCUT2D eigenvalue weighted by Crippen LogP contribution is -2.13. The molecule has 2 aromatic rings. The summed E-state index contributed by atoms with van der Waals surface area (Å²) < 4.78 is 56.6. The van der Waals surface area contributed by atoms with Gasteiger partial charge in [-0.1, -0.05) is 44.5 Å². The average molecular weight is 696 g/mol. The lowest BCUT2D eigenvalue weighted by Gasteiger charge is -2.12. The third-order valence-electron chi connectivity index (χ3n) is 4.35. The summed E-state index contributed by atoms with van der Waals surface area (Å²) in [6.45, 7) is 5.87. The average Bonchev–Trinajstić information content (AvgIpc) is 2.79. The fraction of sp³-hybridized carbons (Fsp3) is 0.167. The van der Waals surface area contributed by atoms with Gasteiger partial charge in [0.2, 0.25) is 0 Å². The number of halogens is 6. The van der Waals surface area contributed by atoms with Crippen molar-refractivity contribution in [1.82, 2.24) is 10.4 Å². The van der Waals surface area contributed by atoms with E-state index in [2.05, 4.69) is 20.8 Å². The van der Waals surface area contributed by atoms with E-state index in [0.717, 1.165) is 28.4 Å². The summed E-state index contributed by atoms with van der Waals surface area (Å²) in [5.74, 6) is -0.116. The van der Waals surface area contributed by atoms with Crippen molar-refractivity contribution in [1.29, 1.82) is 0 Å². The number of rotatable bonds is 7. The molecule has 1 aromatic carbocycles. The second-order valence-corrected chi connectivity index (χ2v) is 14.3. The summed E-state index contributed by atoms with van der Waals surface area (Å²) in [4.78, 5) is 4.27. The number of hydrazone groups is 1. The molecule has 0 radical (unpaired) electrons. The molecule has 0 atom stereocenters. The van der Waals surface area contributed by atoms with Crippen molar-refractivity contribution >= 4 is 64.2 Å². The van der Waals surface area contributed by atoms with Crippen LogP contribution in [0.2, 0.25) is 0 Å². The Labute approximate surface area is 215 Å². The summed E-state index contributed by atoms with van der Waals surface area (Å²) in [5.41, 5.74) is 5.83. The Morgan fingerprint density at radius 2 is 1.91 bits per heavy atom. The summed E-state index contributed by atoms with van der Waals surface area (Å²) in [5, 5.41) is 7.18. The Hall–Kier alpha value is -2.22. The van der Waals surface area contributed by atoms with Gasteiger partial charge in [-0.05, 0) is 77.4 Å². The van der Waals surface area contributed by atoms with Gasteiger partial charge in [-0.2, -0.15) is 18.3 Å². The number of aromatic nitrogens is 1. The third-order valence-corrected chi connectivity index (χ3v) is 11.3. The molecule has 0 aliphatic carbocycles. The van der Waals surface area contributed by atoms with Crippen LogP contribution in [0.1, 0.15) is 32.0 Å². The van der Waals surface area contributed by atoms with Crippen molar-refractivity contribution in [3.05, 3.63) is 87.1 Å². The number of benzene rings is 1. The molecule has 0 saturated heterocycles. The molecule has 1 aliphatic rings. The van der Waals surface area contributed by atoms with Crippen LogP contribution in [0.3, 0.4) is 0 Å². The van der Waals surface area contributed by atoms with E-state index in [-0.39, 0.29) is 5.83 Å². The first kappa shape index (κ1) is 26.4. The first-order valence-corrected chi connectivity index (χ1v) is 14.5. The Bertz CT molecular complexity index is 1220. The van der Waals surface area contributed by atoms with E-state index in [0.29, 0.717) is 17.1 Å². The van der Waals surface area contributed by atoms with Gasteiger partial charge in [-0.25, -0.2) is 4.39 Å². The van der Waals surface area contributed by atoms with Crippen molar-refractivity contribution < 1.29 is 17.6 Å². The molecule has 0 unspecified atom stereocenters. The van der Waals surface area contributed by atoms with E-state index in [1.807, 2.05) is 32.9 Å². The molecule has 0 bridgehead atoms. The van der Waals surface area contributed by atoms with Crippen LogP contribution in [0.15, 0.2) is 80.9 Å². The van der Waals surface area contributed by atoms with Crippen LogP contribution in [-0.4, -0.2) is 16.3 Å². The van der Waals surface area contributed by atoms with E-state index in [1.54, 1.807) is 28.5 Å². The predicted molar refractivity (Wildman–Crippen MR) is 150 cm³/mol. The summed E-state index contributed by atoms with van der Waals surface area (Å²) in [7, 11) is 0.